The monoisotopic (exact) mass is 525 g/mol. The Hall–Kier alpha value is -4.27. The lowest BCUT2D eigenvalue weighted by atomic mass is 10.2. The number of rotatable bonds is 10. The molecule has 202 valence electrons. The van der Waals surface area contributed by atoms with E-state index in [2.05, 4.69) is 55.4 Å². The highest BCUT2D eigenvalue weighted by Crippen LogP contribution is 2.27. The van der Waals surface area contributed by atoms with Crippen LogP contribution in [-0.2, 0) is 6.54 Å². The summed E-state index contributed by atoms with van der Waals surface area (Å²) in [5, 5.41) is 5.74. The first kappa shape index (κ1) is 25.0. The van der Waals surface area contributed by atoms with E-state index in [0.29, 0.717) is 13.2 Å². The second-order valence-corrected chi connectivity index (χ2v) is 9.96. The molecule has 0 amide bonds. The van der Waals surface area contributed by atoms with Crippen molar-refractivity contribution in [2.75, 3.05) is 55.1 Å². The van der Waals surface area contributed by atoms with Crippen molar-refractivity contribution in [1.29, 1.82) is 0 Å². The van der Waals surface area contributed by atoms with Gasteiger partial charge in [-0.3, -0.25) is 5.43 Å². The highest BCUT2D eigenvalue weighted by molar-refractivity contribution is 5.99. The Morgan fingerprint density at radius 1 is 0.897 bits per heavy atom. The molecule has 9 heteroatoms. The van der Waals surface area contributed by atoms with E-state index in [0.717, 1.165) is 71.7 Å². The number of para-hydroxylation sites is 3. The summed E-state index contributed by atoms with van der Waals surface area (Å²) in [5.41, 5.74) is 5.36. The fraction of sp³-hybridized carbons (Fsp3) is 0.367. The quantitative estimate of drug-likeness (QED) is 0.226. The predicted molar refractivity (Wildman–Crippen MR) is 157 cm³/mol. The van der Waals surface area contributed by atoms with Crippen molar-refractivity contribution in [3.8, 4) is 11.5 Å². The maximum absolute atomic E-state index is 6.02. The van der Waals surface area contributed by atoms with Gasteiger partial charge in [-0.1, -0.05) is 30.3 Å². The van der Waals surface area contributed by atoms with Crippen LogP contribution in [0.3, 0.4) is 0 Å². The summed E-state index contributed by atoms with van der Waals surface area (Å²) in [6.07, 6.45) is 8.77. The number of methoxy groups -OCH3 is 1. The van der Waals surface area contributed by atoms with Gasteiger partial charge >= 0.3 is 0 Å². The van der Waals surface area contributed by atoms with E-state index in [9.17, 15) is 0 Å². The highest BCUT2D eigenvalue weighted by atomic mass is 16.5. The van der Waals surface area contributed by atoms with E-state index < -0.39 is 0 Å². The fourth-order valence-corrected chi connectivity index (χ4v) is 5.37. The van der Waals surface area contributed by atoms with Gasteiger partial charge in [0.15, 0.2) is 17.3 Å². The third-order valence-corrected chi connectivity index (χ3v) is 7.38. The number of anilines is 3. The summed E-state index contributed by atoms with van der Waals surface area (Å²) in [6.45, 7) is 5.31. The summed E-state index contributed by atoms with van der Waals surface area (Å²) in [5.74, 6) is 3.97. The molecule has 1 N–H and O–H groups in total. The molecule has 0 aliphatic carbocycles. The summed E-state index contributed by atoms with van der Waals surface area (Å²) in [7, 11) is 1.66. The molecule has 0 radical (unpaired) electrons. The van der Waals surface area contributed by atoms with Crippen LogP contribution in [0.1, 0.15) is 31.2 Å². The van der Waals surface area contributed by atoms with Crippen molar-refractivity contribution >= 4 is 34.7 Å². The number of nitrogens with zero attached hydrogens (tertiary/aromatic N) is 6. The summed E-state index contributed by atoms with van der Waals surface area (Å²) < 4.78 is 13.6. The standard InChI is InChI=1S/C30H35N7O2/c1-38-26-12-4-5-13-27(26)39-19-18-37-22-23(24-10-2-3-11-25(24)37)21-31-34-28-20-29(35-14-6-7-15-35)33-30(32-28)36-16-8-9-17-36/h2-5,10-13,20-22H,6-9,14-19H2,1H3,(H,32,33,34)/b31-21-. The molecule has 9 nitrogen and oxygen atoms in total. The van der Waals surface area contributed by atoms with Crippen LogP contribution < -0.4 is 24.7 Å². The van der Waals surface area contributed by atoms with Gasteiger partial charge < -0.3 is 23.8 Å². The van der Waals surface area contributed by atoms with E-state index in [-0.39, 0.29) is 0 Å². The molecular weight excluding hydrogens is 490 g/mol. The largest absolute Gasteiger partial charge is 0.493 e. The number of hydrazone groups is 1. The van der Waals surface area contributed by atoms with Crippen LogP contribution in [0.5, 0.6) is 11.5 Å². The smallest absolute Gasteiger partial charge is 0.229 e. The minimum atomic E-state index is 0.521. The Labute approximate surface area is 229 Å². The number of hydrogen-bond acceptors (Lipinski definition) is 8. The molecule has 0 saturated carbocycles. The molecule has 0 bridgehead atoms. The van der Waals surface area contributed by atoms with Crippen molar-refractivity contribution in [1.82, 2.24) is 14.5 Å². The Bertz CT molecular complexity index is 1400. The van der Waals surface area contributed by atoms with E-state index in [1.807, 2.05) is 36.5 Å². The Balaban J connectivity index is 1.19. The van der Waals surface area contributed by atoms with Crippen molar-refractivity contribution < 1.29 is 9.47 Å². The lowest BCUT2D eigenvalue weighted by molar-refractivity contribution is 0.281. The van der Waals surface area contributed by atoms with Gasteiger partial charge in [-0.2, -0.15) is 15.1 Å². The maximum atomic E-state index is 6.02. The van der Waals surface area contributed by atoms with Crippen molar-refractivity contribution in [2.24, 2.45) is 5.10 Å². The van der Waals surface area contributed by atoms with E-state index in [4.69, 9.17) is 19.4 Å². The van der Waals surface area contributed by atoms with Gasteiger partial charge in [-0.05, 0) is 43.9 Å². The normalized spacial score (nSPS) is 15.5. The van der Waals surface area contributed by atoms with Gasteiger partial charge in [0, 0.05) is 54.9 Å². The zero-order chi connectivity index (χ0) is 26.4. The van der Waals surface area contributed by atoms with Gasteiger partial charge in [0.1, 0.15) is 12.4 Å². The SMILES string of the molecule is COc1ccccc1OCCn1cc(/C=N\Nc2cc(N3CCCC3)nc(N3CCCC3)n2)c2ccccc21. The van der Waals surface area contributed by atoms with E-state index in [1.165, 1.54) is 25.7 Å². The molecule has 2 fully saturated rings. The van der Waals surface area contributed by atoms with Crippen molar-refractivity contribution in [3.05, 3.63) is 66.4 Å². The molecule has 6 rings (SSSR count). The number of benzene rings is 2. The third kappa shape index (κ3) is 5.62. The Morgan fingerprint density at radius 3 is 2.41 bits per heavy atom. The molecule has 0 spiro atoms. The summed E-state index contributed by atoms with van der Waals surface area (Å²) in [6, 6.07) is 18.1. The summed E-state index contributed by atoms with van der Waals surface area (Å²) in [4.78, 5) is 14.3. The van der Waals surface area contributed by atoms with Crippen LogP contribution in [0.25, 0.3) is 10.9 Å². The van der Waals surface area contributed by atoms with Gasteiger partial charge in [-0.15, -0.1) is 0 Å². The van der Waals surface area contributed by atoms with E-state index in [1.54, 1.807) is 7.11 Å². The number of ether oxygens (including phenoxy) is 2. The molecule has 2 saturated heterocycles. The first-order valence-electron chi connectivity index (χ1n) is 13.8. The average molecular weight is 526 g/mol. The van der Waals surface area contributed by atoms with Crippen LogP contribution in [-0.4, -0.2) is 60.6 Å². The van der Waals surface area contributed by atoms with Gasteiger partial charge in [0.2, 0.25) is 5.95 Å². The summed E-state index contributed by atoms with van der Waals surface area (Å²) >= 11 is 0. The lowest BCUT2D eigenvalue weighted by Crippen LogP contribution is -2.24. The first-order valence-corrected chi connectivity index (χ1v) is 13.8. The lowest BCUT2D eigenvalue weighted by Gasteiger charge is -2.21. The van der Waals surface area contributed by atoms with Crippen molar-refractivity contribution in [3.63, 3.8) is 0 Å². The van der Waals surface area contributed by atoms with E-state index >= 15 is 0 Å². The Morgan fingerprint density at radius 2 is 1.62 bits per heavy atom. The number of nitrogens with one attached hydrogen (secondary N) is 1. The maximum Gasteiger partial charge on any atom is 0.229 e. The van der Waals surface area contributed by atoms with Gasteiger partial charge in [-0.25, -0.2) is 0 Å². The van der Waals surface area contributed by atoms with Crippen LogP contribution >= 0.6 is 0 Å². The molecule has 2 aromatic heterocycles. The fourth-order valence-electron chi connectivity index (χ4n) is 5.37. The van der Waals surface area contributed by atoms with Crippen molar-refractivity contribution in [2.45, 2.75) is 32.2 Å². The zero-order valence-electron chi connectivity index (χ0n) is 22.4. The topological polar surface area (TPSA) is 80.0 Å². The molecule has 2 aromatic carbocycles. The highest BCUT2D eigenvalue weighted by Gasteiger charge is 2.20. The van der Waals surface area contributed by atoms with Crippen LogP contribution in [0.2, 0.25) is 0 Å². The third-order valence-electron chi connectivity index (χ3n) is 7.38. The molecule has 2 aliphatic rings. The predicted octanol–water partition coefficient (Wildman–Crippen LogP) is 5.17. The molecule has 4 heterocycles. The number of aromatic nitrogens is 3. The second kappa shape index (κ2) is 11.6. The first-order chi connectivity index (χ1) is 19.3. The zero-order valence-corrected chi connectivity index (χ0v) is 22.4. The molecule has 39 heavy (non-hydrogen) atoms. The molecular formula is C30H35N7O2. The molecule has 2 aliphatic heterocycles. The minimum absolute atomic E-state index is 0.521. The van der Waals surface area contributed by atoms with Gasteiger partial charge in [0.25, 0.3) is 0 Å². The molecule has 4 aromatic rings. The van der Waals surface area contributed by atoms with Crippen LogP contribution in [0, 0.1) is 0 Å². The van der Waals surface area contributed by atoms with Crippen LogP contribution in [0.15, 0.2) is 65.9 Å². The second-order valence-electron chi connectivity index (χ2n) is 9.96. The number of fused-ring (bicyclic) bond motifs is 1. The number of hydrogen-bond donors (Lipinski definition) is 1. The minimum Gasteiger partial charge on any atom is -0.493 e. The molecule has 0 atom stereocenters. The average Bonchev–Trinajstić information content (AvgIpc) is 3.76. The molecule has 0 unspecified atom stereocenters. The van der Waals surface area contributed by atoms with Gasteiger partial charge in [0.05, 0.1) is 19.9 Å². The Kier molecular flexibility index (Phi) is 7.47. The van der Waals surface area contributed by atoms with Crippen LogP contribution in [0.4, 0.5) is 17.6 Å².